The SMILES string of the molecule is CC(=O)Nc1ccc(Cl)c(NC(=O)C2CCCN(c3ncccn3)C2)c1. The van der Waals surface area contributed by atoms with Gasteiger partial charge in [0.05, 0.1) is 16.6 Å². The molecule has 1 aromatic heterocycles. The molecule has 8 heteroatoms. The lowest BCUT2D eigenvalue weighted by atomic mass is 9.97. The van der Waals surface area contributed by atoms with E-state index in [1.165, 1.54) is 6.92 Å². The minimum Gasteiger partial charge on any atom is -0.340 e. The van der Waals surface area contributed by atoms with Crippen LogP contribution in [0.25, 0.3) is 0 Å². The van der Waals surface area contributed by atoms with E-state index in [2.05, 4.69) is 20.6 Å². The highest BCUT2D eigenvalue weighted by Crippen LogP contribution is 2.27. The van der Waals surface area contributed by atoms with Crippen LogP contribution in [0.2, 0.25) is 5.02 Å². The van der Waals surface area contributed by atoms with Gasteiger partial charge in [-0.15, -0.1) is 0 Å². The highest BCUT2D eigenvalue weighted by Gasteiger charge is 2.27. The first-order valence-corrected chi connectivity index (χ1v) is 8.80. The molecule has 1 aliphatic heterocycles. The van der Waals surface area contributed by atoms with Gasteiger partial charge in [0.25, 0.3) is 0 Å². The molecule has 0 spiro atoms. The van der Waals surface area contributed by atoms with E-state index < -0.39 is 0 Å². The Hall–Kier alpha value is -2.67. The molecule has 1 atom stereocenters. The van der Waals surface area contributed by atoms with Crippen molar-refractivity contribution in [1.82, 2.24) is 9.97 Å². The lowest BCUT2D eigenvalue weighted by Gasteiger charge is -2.32. The van der Waals surface area contributed by atoms with Crippen LogP contribution in [0, 0.1) is 5.92 Å². The Morgan fingerprint density at radius 1 is 1.23 bits per heavy atom. The molecule has 1 fully saturated rings. The number of aromatic nitrogens is 2. The van der Waals surface area contributed by atoms with Gasteiger partial charge in [-0.2, -0.15) is 0 Å². The third kappa shape index (κ3) is 4.49. The smallest absolute Gasteiger partial charge is 0.229 e. The number of halogens is 1. The van der Waals surface area contributed by atoms with Crippen LogP contribution in [0.5, 0.6) is 0 Å². The van der Waals surface area contributed by atoms with Crippen molar-refractivity contribution in [3.8, 4) is 0 Å². The summed E-state index contributed by atoms with van der Waals surface area (Å²) in [6, 6.07) is 6.76. The number of rotatable bonds is 4. The van der Waals surface area contributed by atoms with Crippen molar-refractivity contribution in [2.24, 2.45) is 5.92 Å². The number of nitrogens with one attached hydrogen (secondary N) is 2. The van der Waals surface area contributed by atoms with Gasteiger partial charge in [-0.25, -0.2) is 9.97 Å². The van der Waals surface area contributed by atoms with Crippen molar-refractivity contribution in [2.45, 2.75) is 19.8 Å². The van der Waals surface area contributed by atoms with Crippen LogP contribution in [0.4, 0.5) is 17.3 Å². The minimum absolute atomic E-state index is 0.104. The lowest BCUT2D eigenvalue weighted by Crippen LogP contribution is -2.41. The number of anilines is 3. The summed E-state index contributed by atoms with van der Waals surface area (Å²) in [7, 11) is 0. The molecule has 2 amide bonds. The number of nitrogens with zero attached hydrogens (tertiary/aromatic N) is 3. The van der Waals surface area contributed by atoms with E-state index in [9.17, 15) is 9.59 Å². The van der Waals surface area contributed by atoms with Gasteiger partial charge < -0.3 is 15.5 Å². The Labute approximate surface area is 156 Å². The molecular weight excluding hydrogens is 354 g/mol. The molecule has 2 heterocycles. The van der Waals surface area contributed by atoms with Gasteiger partial charge in [0.1, 0.15) is 0 Å². The van der Waals surface area contributed by atoms with E-state index in [1.807, 2.05) is 4.90 Å². The van der Waals surface area contributed by atoms with Crippen molar-refractivity contribution in [3.05, 3.63) is 41.7 Å². The Kier molecular flexibility index (Phi) is 5.68. The second kappa shape index (κ2) is 8.14. The highest BCUT2D eigenvalue weighted by atomic mass is 35.5. The molecule has 1 aliphatic rings. The van der Waals surface area contributed by atoms with Gasteiger partial charge >= 0.3 is 0 Å². The first-order valence-electron chi connectivity index (χ1n) is 8.43. The molecule has 2 aromatic rings. The maximum atomic E-state index is 12.7. The Bertz CT molecular complexity index is 799. The molecule has 7 nitrogen and oxygen atoms in total. The molecule has 26 heavy (non-hydrogen) atoms. The molecular formula is C18H20ClN5O2. The van der Waals surface area contributed by atoms with Gasteiger partial charge in [0, 0.05) is 38.1 Å². The molecule has 1 unspecified atom stereocenters. The monoisotopic (exact) mass is 373 g/mol. The fraction of sp³-hybridized carbons (Fsp3) is 0.333. The highest BCUT2D eigenvalue weighted by molar-refractivity contribution is 6.33. The van der Waals surface area contributed by atoms with Crippen LogP contribution in [-0.4, -0.2) is 34.9 Å². The number of piperidine rings is 1. The molecule has 0 aliphatic carbocycles. The zero-order chi connectivity index (χ0) is 18.5. The van der Waals surface area contributed by atoms with Crippen molar-refractivity contribution >= 4 is 40.7 Å². The van der Waals surface area contributed by atoms with Crippen LogP contribution in [0.3, 0.4) is 0 Å². The third-order valence-electron chi connectivity index (χ3n) is 4.17. The number of amides is 2. The summed E-state index contributed by atoms with van der Waals surface area (Å²) < 4.78 is 0. The van der Waals surface area contributed by atoms with Crippen LogP contribution in [0.15, 0.2) is 36.7 Å². The summed E-state index contributed by atoms with van der Waals surface area (Å²) in [5, 5.41) is 5.98. The molecule has 1 saturated heterocycles. The normalized spacial score (nSPS) is 16.8. The average Bonchev–Trinajstić information content (AvgIpc) is 2.65. The Balaban J connectivity index is 1.68. The first kappa shape index (κ1) is 18.1. The average molecular weight is 374 g/mol. The van der Waals surface area contributed by atoms with Crippen molar-refractivity contribution in [1.29, 1.82) is 0 Å². The topological polar surface area (TPSA) is 87.2 Å². The summed E-state index contributed by atoms with van der Waals surface area (Å²) >= 11 is 6.18. The van der Waals surface area contributed by atoms with Gasteiger partial charge in [0.2, 0.25) is 17.8 Å². The standard InChI is InChI=1S/C18H20ClN5O2/c1-12(25)22-14-5-6-15(19)16(10-14)23-17(26)13-4-2-9-24(11-13)18-20-7-3-8-21-18/h3,5-8,10,13H,2,4,9,11H2,1H3,(H,22,25)(H,23,26). The molecule has 0 radical (unpaired) electrons. The molecule has 0 bridgehead atoms. The second-order valence-corrected chi connectivity index (χ2v) is 6.61. The summed E-state index contributed by atoms with van der Waals surface area (Å²) in [6.07, 6.45) is 5.06. The Morgan fingerprint density at radius 3 is 2.73 bits per heavy atom. The van der Waals surface area contributed by atoms with E-state index in [-0.39, 0.29) is 17.7 Å². The maximum absolute atomic E-state index is 12.7. The lowest BCUT2D eigenvalue weighted by molar-refractivity contribution is -0.120. The van der Waals surface area contributed by atoms with Gasteiger partial charge in [0.15, 0.2) is 0 Å². The number of benzene rings is 1. The van der Waals surface area contributed by atoms with Crippen molar-refractivity contribution < 1.29 is 9.59 Å². The number of hydrogen-bond acceptors (Lipinski definition) is 5. The number of carbonyl (C=O) groups excluding carboxylic acids is 2. The van der Waals surface area contributed by atoms with Gasteiger partial charge in [-0.05, 0) is 37.1 Å². The largest absolute Gasteiger partial charge is 0.340 e. The van der Waals surface area contributed by atoms with Crippen LogP contribution in [0.1, 0.15) is 19.8 Å². The predicted molar refractivity (Wildman–Crippen MR) is 101 cm³/mol. The van der Waals surface area contributed by atoms with Crippen LogP contribution < -0.4 is 15.5 Å². The minimum atomic E-state index is -0.187. The van der Waals surface area contributed by atoms with E-state index in [4.69, 9.17) is 11.6 Å². The summed E-state index contributed by atoms with van der Waals surface area (Å²) in [4.78, 5) is 34.4. The molecule has 2 N–H and O–H groups in total. The van der Waals surface area contributed by atoms with Gasteiger partial charge in [-0.1, -0.05) is 11.6 Å². The number of hydrogen-bond donors (Lipinski definition) is 2. The van der Waals surface area contributed by atoms with Crippen LogP contribution in [-0.2, 0) is 9.59 Å². The van der Waals surface area contributed by atoms with E-state index in [0.29, 0.717) is 28.9 Å². The van der Waals surface area contributed by atoms with E-state index >= 15 is 0 Å². The van der Waals surface area contributed by atoms with E-state index in [0.717, 1.165) is 19.4 Å². The summed E-state index contributed by atoms with van der Waals surface area (Å²) in [5.41, 5.74) is 1.07. The zero-order valence-corrected chi connectivity index (χ0v) is 15.2. The molecule has 0 saturated carbocycles. The number of carbonyl (C=O) groups is 2. The van der Waals surface area contributed by atoms with E-state index in [1.54, 1.807) is 36.7 Å². The fourth-order valence-electron chi connectivity index (χ4n) is 2.96. The second-order valence-electron chi connectivity index (χ2n) is 6.20. The molecule has 1 aromatic carbocycles. The quantitative estimate of drug-likeness (QED) is 0.860. The molecule has 136 valence electrons. The summed E-state index contributed by atoms with van der Waals surface area (Å²) in [6.45, 7) is 2.81. The molecule has 3 rings (SSSR count). The Morgan fingerprint density at radius 2 is 2.00 bits per heavy atom. The fourth-order valence-corrected chi connectivity index (χ4v) is 3.13. The maximum Gasteiger partial charge on any atom is 0.229 e. The van der Waals surface area contributed by atoms with Crippen LogP contribution >= 0.6 is 11.6 Å². The third-order valence-corrected chi connectivity index (χ3v) is 4.50. The van der Waals surface area contributed by atoms with Gasteiger partial charge in [-0.3, -0.25) is 9.59 Å². The van der Waals surface area contributed by atoms with Crippen molar-refractivity contribution in [2.75, 3.05) is 28.6 Å². The zero-order valence-electron chi connectivity index (χ0n) is 14.4. The first-order chi connectivity index (χ1) is 12.5. The predicted octanol–water partition coefficient (Wildman–Crippen LogP) is 2.94. The summed E-state index contributed by atoms with van der Waals surface area (Å²) in [5.74, 6) is 0.159. The van der Waals surface area contributed by atoms with Crippen molar-refractivity contribution in [3.63, 3.8) is 0 Å².